The summed E-state index contributed by atoms with van der Waals surface area (Å²) in [6.45, 7) is 3.19. The van der Waals surface area contributed by atoms with E-state index in [1.807, 2.05) is 42.2 Å². The summed E-state index contributed by atoms with van der Waals surface area (Å²) < 4.78 is 64.9. The molecule has 1 atom stereocenters. The summed E-state index contributed by atoms with van der Waals surface area (Å²) in [5.74, 6) is -0.116. The monoisotopic (exact) mass is 483 g/mol. The molecule has 33 heavy (non-hydrogen) atoms. The second-order valence-electron chi connectivity index (χ2n) is 8.20. The number of halogens is 3. The van der Waals surface area contributed by atoms with Gasteiger partial charge in [-0.25, -0.2) is 8.42 Å². The van der Waals surface area contributed by atoms with Gasteiger partial charge in [-0.05, 0) is 49.6 Å². The lowest BCUT2D eigenvalue weighted by Crippen LogP contribution is -2.51. The molecule has 1 fully saturated rings. The molecule has 0 saturated carbocycles. The normalized spacial score (nSPS) is 17.0. The first kappa shape index (κ1) is 25.2. The number of aryl methyl sites for hydroxylation is 1. The third-order valence-corrected chi connectivity index (χ3v) is 7.55. The van der Waals surface area contributed by atoms with Gasteiger partial charge in [0.2, 0.25) is 15.9 Å². The van der Waals surface area contributed by atoms with Crippen LogP contribution in [0.1, 0.15) is 24.5 Å². The summed E-state index contributed by atoms with van der Waals surface area (Å²) in [6, 6.07) is 13.5. The Morgan fingerprint density at radius 3 is 2.18 bits per heavy atom. The van der Waals surface area contributed by atoms with E-state index in [2.05, 4.69) is 5.32 Å². The fourth-order valence-electron chi connectivity index (χ4n) is 3.72. The maximum Gasteiger partial charge on any atom is 0.416 e. The minimum atomic E-state index is -4.52. The number of sulfonamides is 1. The molecule has 1 saturated heterocycles. The highest BCUT2D eigenvalue weighted by atomic mass is 32.2. The van der Waals surface area contributed by atoms with E-state index in [0.717, 1.165) is 37.1 Å². The van der Waals surface area contributed by atoms with Crippen molar-refractivity contribution >= 4 is 15.9 Å². The predicted molar refractivity (Wildman–Crippen MR) is 119 cm³/mol. The molecule has 6 nitrogen and oxygen atoms in total. The van der Waals surface area contributed by atoms with Gasteiger partial charge in [0.25, 0.3) is 0 Å². The van der Waals surface area contributed by atoms with Gasteiger partial charge in [-0.15, -0.1) is 0 Å². The quantitative estimate of drug-likeness (QED) is 0.627. The van der Waals surface area contributed by atoms with Crippen molar-refractivity contribution in [2.45, 2.75) is 36.9 Å². The number of carbonyl (C=O) groups excluding carboxylic acids is 1. The number of benzene rings is 2. The molecule has 1 heterocycles. The van der Waals surface area contributed by atoms with Gasteiger partial charge in [-0.3, -0.25) is 9.69 Å². The summed E-state index contributed by atoms with van der Waals surface area (Å²) in [6.07, 6.45) is -2.84. The van der Waals surface area contributed by atoms with Crippen molar-refractivity contribution in [1.29, 1.82) is 0 Å². The van der Waals surface area contributed by atoms with Crippen LogP contribution in [-0.4, -0.2) is 62.3 Å². The zero-order valence-electron chi connectivity index (χ0n) is 18.4. The number of nitrogens with one attached hydrogen (secondary N) is 1. The van der Waals surface area contributed by atoms with Crippen LogP contribution >= 0.6 is 0 Å². The predicted octanol–water partition coefficient (Wildman–Crippen LogP) is 3.15. The molecule has 1 aliphatic rings. The first-order valence-electron chi connectivity index (χ1n) is 10.8. The molecule has 10 heteroatoms. The average Bonchev–Trinajstić information content (AvgIpc) is 2.78. The Hall–Kier alpha value is -2.43. The molecule has 2 aromatic rings. The maximum absolute atomic E-state index is 12.8. The smallest absolute Gasteiger partial charge is 0.353 e. The van der Waals surface area contributed by atoms with E-state index < -0.39 is 21.8 Å². The van der Waals surface area contributed by atoms with Crippen molar-refractivity contribution in [2.75, 3.05) is 32.7 Å². The van der Waals surface area contributed by atoms with Crippen LogP contribution in [0, 0.1) is 0 Å². The molecule has 1 amide bonds. The van der Waals surface area contributed by atoms with Crippen molar-refractivity contribution in [1.82, 2.24) is 14.5 Å². The van der Waals surface area contributed by atoms with Crippen LogP contribution in [-0.2, 0) is 27.4 Å². The van der Waals surface area contributed by atoms with E-state index in [0.29, 0.717) is 13.1 Å². The zero-order chi connectivity index (χ0) is 24.1. The van der Waals surface area contributed by atoms with E-state index in [1.54, 1.807) is 0 Å². The molecule has 0 radical (unpaired) electrons. The largest absolute Gasteiger partial charge is 0.416 e. The number of hydrogen-bond acceptors (Lipinski definition) is 4. The number of amides is 1. The van der Waals surface area contributed by atoms with Crippen LogP contribution < -0.4 is 5.32 Å². The van der Waals surface area contributed by atoms with E-state index in [4.69, 9.17) is 0 Å². The van der Waals surface area contributed by atoms with E-state index in [-0.39, 0.29) is 36.5 Å². The summed E-state index contributed by atoms with van der Waals surface area (Å²) >= 11 is 0. The molecule has 0 aliphatic carbocycles. The Bertz CT molecular complexity index is 1020. The average molecular weight is 484 g/mol. The Morgan fingerprint density at radius 2 is 1.61 bits per heavy atom. The van der Waals surface area contributed by atoms with Crippen LogP contribution in [0.2, 0.25) is 0 Å². The molecule has 2 aromatic carbocycles. The first-order valence-corrected chi connectivity index (χ1v) is 12.2. The van der Waals surface area contributed by atoms with Gasteiger partial charge in [-0.2, -0.15) is 17.5 Å². The van der Waals surface area contributed by atoms with Crippen LogP contribution in [0.5, 0.6) is 0 Å². The van der Waals surface area contributed by atoms with Crippen molar-refractivity contribution in [2.24, 2.45) is 0 Å². The number of rotatable bonds is 8. The van der Waals surface area contributed by atoms with Gasteiger partial charge in [0.05, 0.1) is 17.0 Å². The Kier molecular flexibility index (Phi) is 8.14. The van der Waals surface area contributed by atoms with Crippen molar-refractivity contribution in [3.05, 3.63) is 65.7 Å². The van der Waals surface area contributed by atoms with Crippen LogP contribution in [0.15, 0.2) is 59.5 Å². The highest BCUT2D eigenvalue weighted by molar-refractivity contribution is 7.89. The number of alkyl halides is 3. The number of carbonyl (C=O) groups is 1. The summed E-state index contributed by atoms with van der Waals surface area (Å²) in [4.78, 5) is 14.1. The van der Waals surface area contributed by atoms with E-state index >= 15 is 0 Å². The van der Waals surface area contributed by atoms with Gasteiger partial charge < -0.3 is 5.32 Å². The van der Waals surface area contributed by atoms with Crippen LogP contribution in [0.3, 0.4) is 0 Å². The lowest BCUT2D eigenvalue weighted by molar-refractivity contribution is -0.137. The maximum atomic E-state index is 12.8. The molecule has 1 unspecified atom stereocenters. The second kappa shape index (κ2) is 10.7. The molecule has 1 aliphatic heterocycles. The Balaban J connectivity index is 1.45. The van der Waals surface area contributed by atoms with Gasteiger partial charge in [-0.1, -0.05) is 30.3 Å². The standard InChI is InChI=1S/C23H28F3N3O3S/c1-18(7-8-19-5-3-2-4-6-19)27-22(30)17-28-13-15-29(16-14-28)33(31,32)21-11-9-20(10-12-21)23(24,25)26/h2-6,9-12,18H,7-8,13-17H2,1H3,(H,27,30). The van der Waals surface area contributed by atoms with Crippen LogP contribution in [0.4, 0.5) is 13.2 Å². The number of nitrogens with zero attached hydrogens (tertiary/aromatic N) is 2. The summed E-state index contributed by atoms with van der Waals surface area (Å²) in [5.41, 5.74) is 0.319. The summed E-state index contributed by atoms with van der Waals surface area (Å²) in [5, 5.41) is 2.98. The lowest BCUT2D eigenvalue weighted by atomic mass is 10.1. The van der Waals surface area contributed by atoms with Crippen molar-refractivity contribution in [3.63, 3.8) is 0 Å². The first-order chi connectivity index (χ1) is 15.6. The molecular weight excluding hydrogens is 455 g/mol. The number of piperazine rings is 1. The van der Waals surface area contributed by atoms with E-state index in [9.17, 15) is 26.4 Å². The van der Waals surface area contributed by atoms with Gasteiger partial charge in [0, 0.05) is 32.2 Å². The zero-order valence-corrected chi connectivity index (χ0v) is 19.2. The Labute approximate surface area is 192 Å². The third kappa shape index (κ3) is 7.02. The van der Waals surface area contributed by atoms with Gasteiger partial charge in [0.1, 0.15) is 0 Å². The molecule has 3 rings (SSSR count). The van der Waals surface area contributed by atoms with Gasteiger partial charge in [0.15, 0.2) is 0 Å². The highest BCUT2D eigenvalue weighted by Crippen LogP contribution is 2.30. The fourth-order valence-corrected chi connectivity index (χ4v) is 5.14. The molecule has 180 valence electrons. The molecule has 0 aromatic heterocycles. The van der Waals surface area contributed by atoms with Gasteiger partial charge >= 0.3 is 6.18 Å². The number of hydrogen-bond donors (Lipinski definition) is 1. The summed E-state index contributed by atoms with van der Waals surface area (Å²) in [7, 11) is -3.89. The highest BCUT2D eigenvalue weighted by Gasteiger charge is 2.32. The molecular formula is C23H28F3N3O3S. The molecule has 1 N–H and O–H groups in total. The van der Waals surface area contributed by atoms with Crippen molar-refractivity contribution in [3.8, 4) is 0 Å². The molecule has 0 spiro atoms. The SMILES string of the molecule is CC(CCc1ccccc1)NC(=O)CN1CCN(S(=O)(=O)c2ccc(C(F)(F)F)cc2)CC1. The second-order valence-corrected chi connectivity index (χ2v) is 10.1. The minimum absolute atomic E-state index is 0.0130. The van der Waals surface area contributed by atoms with E-state index in [1.165, 1.54) is 9.87 Å². The molecule has 0 bridgehead atoms. The third-order valence-electron chi connectivity index (χ3n) is 5.63. The van der Waals surface area contributed by atoms with Crippen LogP contribution in [0.25, 0.3) is 0 Å². The fraction of sp³-hybridized carbons (Fsp3) is 0.435. The Morgan fingerprint density at radius 1 is 1.00 bits per heavy atom. The topological polar surface area (TPSA) is 69.7 Å². The van der Waals surface area contributed by atoms with Crippen molar-refractivity contribution < 1.29 is 26.4 Å². The lowest BCUT2D eigenvalue weighted by Gasteiger charge is -2.33. The minimum Gasteiger partial charge on any atom is -0.353 e.